The minimum absolute atomic E-state index is 0.467. The van der Waals surface area contributed by atoms with Crippen molar-refractivity contribution in [1.82, 2.24) is 0 Å². The van der Waals surface area contributed by atoms with Crippen LogP contribution in [0, 0.1) is 0 Å². The predicted molar refractivity (Wildman–Crippen MR) is 200 cm³/mol. The van der Waals surface area contributed by atoms with Crippen LogP contribution in [0.25, 0.3) is 43.1 Å². The lowest BCUT2D eigenvalue weighted by molar-refractivity contribution is 0.176. The molecule has 240 valence electrons. The van der Waals surface area contributed by atoms with E-state index in [2.05, 4.69) is 107 Å². The molecule has 1 unspecified atom stereocenters. The zero-order valence-corrected chi connectivity index (χ0v) is 30.3. The number of halogens is 1. The molecule has 5 nitrogen and oxygen atoms in total. The number of fused-ring (bicyclic) bond motifs is 6. The Labute approximate surface area is 283 Å². The Balaban J connectivity index is 0.000000166. The molecule has 0 fully saturated rings. The maximum absolute atomic E-state index is 11.9. The van der Waals surface area contributed by atoms with Crippen LogP contribution in [0.15, 0.2) is 109 Å². The molecule has 6 aromatic rings. The lowest BCUT2D eigenvalue weighted by Gasteiger charge is -2.12. The lowest BCUT2D eigenvalue weighted by Crippen LogP contribution is -1.94. The van der Waals surface area contributed by atoms with Gasteiger partial charge in [-0.25, -0.2) is 0 Å². The van der Waals surface area contributed by atoms with Crippen molar-refractivity contribution >= 4 is 75.7 Å². The Kier molecular flexibility index (Phi) is 15.0. The molecular weight excluding hydrogens is 678 g/mol. The van der Waals surface area contributed by atoms with Gasteiger partial charge in [-0.15, -0.1) is 4.52 Å². The minimum atomic E-state index is -1.64. The van der Waals surface area contributed by atoms with E-state index in [1.54, 1.807) is 0 Å². The highest BCUT2D eigenvalue weighted by Gasteiger charge is 2.20. The van der Waals surface area contributed by atoms with Crippen molar-refractivity contribution in [1.29, 1.82) is 0 Å². The van der Waals surface area contributed by atoms with Gasteiger partial charge in [-0.3, -0.25) is 0 Å². The van der Waals surface area contributed by atoms with Crippen LogP contribution in [-0.4, -0.2) is 26.4 Å². The maximum atomic E-state index is 11.9. The fourth-order valence-corrected chi connectivity index (χ4v) is 7.50. The highest BCUT2D eigenvalue weighted by atomic mass is 79.9. The van der Waals surface area contributed by atoms with E-state index < -0.39 is 16.6 Å². The van der Waals surface area contributed by atoms with Crippen LogP contribution in [0.2, 0.25) is 0 Å². The van der Waals surface area contributed by atoms with E-state index in [-0.39, 0.29) is 0 Å². The first-order valence-corrected chi connectivity index (χ1v) is 19.2. The van der Waals surface area contributed by atoms with Gasteiger partial charge in [-0.2, -0.15) is 0 Å². The summed E-state index contributed by atoms with van der Waals surface area (Å²) in [7, 11) is -2.70. The molecule has 0 aliphatic rings. The van der Waals surface area contributed by atoms with Crippen LogP contribution >= 0.6 is 32.6 Å². The van der Waals surface area contributed by atoms with Gasteiger partial charge < -0.3 is 13.6 Å². The molecule has 6 rings (SSSR count). The first-order valence-electron chi connectivity index (χ1n) is 15.7. The van der Waals surface area contributed by atoms with E-state index in [1.807, 2.05) is 45.9 Å². The third kappa shape index (κ3) is 9.62. The Morgan fingerprint density at radius 3 is 1.37 bits per heavy atom. The SMILES string of the molecule is BrCc1cc2ccccc2c2ccccc12.CCOP(OCC)OCC.CCO[P+](=O)Cc1cc2ccccc2c2ccccc12. The topological polar surface area (TPSA) is 54.0 Å². The van der Waals surface area contributed by atoms with Gasteiger partial charge in [-0.05, 0) is 93.0 Å². The summed E-state index contributed by atoms with van der Waals surface area (Å²) in [4.78, 5) is 0. The summed E-state index contributed by atoms with van der Waals surface area (Å²) in [6, 6.07) is 38.1. The summed E-state index contributed by atoms with van der Waals surface area (Å²) in [6.45, 7) is 10.1. The fraction of sp³-hybridized carbons (Fsp3) is 0.263. The second kappa shape index (κ2) is 19.1. The molecule has 0 aliphatic carbocycles. The van der Waals surface area contributed by atoms with E-state index in [0.717, 1.165) is 16.3 Å². The maximum Gasteiger partial charge on any atom is 0.512 e. The van der Waals surface area contributed by atoms with Crippen molar-refractivity contribution in [3.8, 4) is 0 Å². The van der Waals surface area contributed by atoms with Gasteiger partial charge in [0.15, 0.2) is 0 Å². The molecule has 0 saturated heterocycles. The zero-order chi connectivity index (χ0) is 32.7. The van der Waals surface area contributed by atoms with E-state index in [9.17, 15) is 4.57 Å². The Morgan fingerprint density at radius 2 is 0.935 bits per heavy atom. The Hall–Kier alpha value is -2.79. The number of rotatable bonds is 11. The molecule has 0 saturated carbocycles. The number of hydrogen-bond acceptors (Lipinski definition) is 5. The van der Waals surface area contributed by atoms with Gasteiger partial charge in [0.2, 0.25) is 6.16 Å². The zero-order valence-electron chi connectivity index (χ0n) is 26.9. The second-order valence-corrected chi connectivity index (χ2v) is 13.1. The van der Waals surface area contributed by atoms with Crippen molar-refractivity contribution in [3.63, 3.8) is 0 Å². The van der Waals surface area contributed by atoms with E-state index in [4.69, 9.17) is 18.1 Å². The van der Waals surface area contributed by atoms with Crippen molar-refractivity contribution in [3.05, 3.63) is 120 Å². The molecule has 0 radical (unpaired) electrons. The van der Waals surface area contributed by atoms with E-state index >= 15 is 0 Å². The van der Waals surface area contributed by atoms with Gasteiger partial charge in [0.1, 0.15) is 0 Å². The molecule has 0 spiro atoms. The summed E-state index contributed by atoms with van der Waals surface area (Å²) in [5.41, 5.74) is 2.45. The van der Waals surface area contributed by atoms with Crippen LogP contribution in [0.3, 0.4) is 0 Å². The van der Waals surface area contributed by atoms with Crippen LogP contribution in [0.1, 0.15) is 38.8 Å². The predicted octanol–water partition coefficient (Wildman–Crippen LogP) is 12.5. The summed E-state index contributed by atoms with van der Waals surface area (Å²) >= 11 is 3.56. The summed E-state index contributed by atoms with van der Waals surface area (Å²) in [5, 5.41) is 11.0. The van der Waals surface area contributed by atoms with Crippen LogP contribution < -0.4 is 0 Å². The quantitative estimate of drug-likeness (QED) is 0.0758. The number of benzene rings is 6. The molecule has 0 bridgehead atoms. The molecule has 46 heavy (non-hydrogen) atoms. The molecular formula is C38H42BrO5P2+. The van der Waals surface area contributed by atoms with E-state index in [1.165, 1.54) is 43.3 Å². The largest absolute Gasteiger partial charge is 0.512 e. The Bertz CT molecular complexity index is 1850. The minimum Gasteiger partial charge on any atom is -0.313 e. The number of alkyl halides is 1. The second-order valence-electron chi connectivity index (χ2n) is 10.1. The number of hydrogen-bond donors (Lipinski definition) is 0. The average Bonchev–Trinajstić information content (AvgIpc) is 3.09. The smallest absolute Gasteiger partial charge is 0.313 e. The molecule has 1 atom stereocenters. The summed E-state index contributed by atoms with van der Waals surface area (Å²) in [6.07, 6.45) is 0.467. The van der Waals surface area contributed by atoms with Gasteiger partial charge in [0.25, 0.3) is 0 Å². The molecule has 0 N–H and O–H groups in total. The highest BCUT2D eigenvalue weighted by molar-refractivity contribution is 9.08. The van der Waals surface area contributed by atoms with Crippen molar-refractivity contribution < 1.29 is 22.7 Å². The van der Waals surface area contributed by atoms with Gasteiger partial charge in [0, 0.05) is 10.9 Å². The third-order valence-electron chi connectivity index (χ3n) is 7.13. The summed E-state index contributed by atoms with van der Waals surface area (Å²) < 4.78 is 32.6. The Morgan fingerprint density at radius 1 is 0.543 bits per heavy atom. The van der Waals surface area contributed by atoms with Crippen molar-refractivity contribution in [2.24, 2.45) is 0 Å². The molecule has 0 heterocycles. The first-order chi connectivity index (χ1) is 22.5. The van der Waals surface area contributed by atoms with Gasteiger partial charge in [-0.1, -0.05) is 113 Å². The van der Waals surface area contributed by atoms with Crippen LogP contribution in [-0.2, 0) is 34.2 Å². The molecule has 0 aliphatic heterocycles. The highest BCUT2D eigenvalue weighted by Crippen LogP contribution is 2.39. The van der Waals surface area contributed by atoms with Crippen molar-refractivity contribution in [2.45, 2.75) is 39.2 Å². The molecule has 8 heteroatoms. The third-order valence-corrected chi connectivity index (χ3v) is 10.3. The van der Waals surface area contributed by atoms with Gasteiger partial charge >= 0.3 is 16.6 Å². The standard InChI is InChI=1S/C17H16O2P.C15H11Br.C6H15O3P/c1-2-19-20(18)12-14-11-13-7-3-4-8-15(13)17-10-6-5-9-16(14)17;16-10-12-9-11-5-1-2-6-13(11)15-8-4-3-7-14(12)15;1-4-7-10(8-5-2)9-6-3/h3-11H,2,12H2,1H3;1-9H,10H2;4-6H2,1-3H3/q+1;;. The normalized spacial score (nSPS) is 11.4. The molecule has 0 amide bonds. The van der Waals surface area contributed by atoms with Crippen molar-refractivity contribution in [2.75, 3.05) is 26.4 Å². The summed E-state index contributed by atoms with van der Waals surface area (Å²) in [5.74, 6) is 0. The van der Waals surface area contributed by atoms with Crippen LogP contribution in [0.5, 0.6) is 0 Å². The van der Waals surface area contributed by atoms with Crippen LogP contribution in [0.4, 0.5) is 0 Å². The monoisotopic (exact) mass is 719 g/mol. The average molecular weight is 721 g/mol. The van der Waals surface area contributed by atoms with Gasteiger partial charge in [0.05, 0.1) is 26.4 Å². The lowest BCUT2D eigenvalue weighted by atomic mass is 9.98. The first kappa shape index (κ1) is 36.1. The van der Waals surface area contributed by atoms with E-state index in [0.29, 0.717) is 32.6 Å². The molecule has 6 aromatic carbocycles. The fourth-order valence-electron chi connectivity index (χ4n) is 5.26. The molecule has 0 aromatic heterocycles.